The zero-order chi connectivity index (χ0) is 12.1. The Morgan fingerprint density at radius 1 is 1.35 bits per heavy atom. The summed E-state index contributed by atoms with van der Waals surface area (Å²) in [6.07, 6.45) is 1.50. The van der Waals surface area contributed by atoms with Gasteiger partial charge in [0.1, 0.15) is 17.8 Å². The normalized spacial score (nSPS) is 9.94. The van der Waals surface area contributed by atoms with E-state index in [4.69, 9.17) is 0 Å². The fraction of sp³-hybridized carbons (Fsp3) is 0.200. The van der Waals surface area contributed by atoms with Crippen LogP contribution in [0.15, 0.2) is 29.0 Å². The summed E-state index contributed by atoms with van der Waals surface area (Å²) in [5, 5.41) is 16.9. The van der Waals surface area contributed by atoms with Crippen LogP contribution in [0.5, 0.6) is 0 Å². The molecule has 7 nitrogen and oxygen atoms in total. The van der Waals surface area contributed by atoms with Gasteiger partial charge < -0.3 is 15.2 Å². The second kappa shape index (κ2) is 5.06. The van der Waals surface area contributed by atoms with Crippen LogP contribution in [0.25, 0.3) is 0 Å². The number of amides is 1. The van der Waals surface area contributed by atoms with Crippen molar-refractivity contribution >= 4 is 11.7 Å². The van der Waals surface area contributed by atoms with E-state index in [1.807, 2.05) is 0 Å². The highest BCUT2D eigenvalue weighted by Gasteiger charge is 2.05. The third-order valence-corrected chi connectivity index (χ3v) is 2.07. The minimum Gasteiger partial charge on any atom is -0.364 e. The van der Waals surface area contributed by atoms with Gasteiger partial charge in [-0.25, -0.2) is 0 Å². The van der Waals surface area contributed by atoms with Crippen LogP contribution in [0.1, 0.15) is 16.2 Å². The highest BCUT2D eigenvalue weighted by Crippen LogP contribution is 2.04. The molecule has 88 valence electrons. The first-order valence-corrected chi connectivity index (χ1v) is 4.98. The summed E-state index contributed by atoms with van der Waals surface area (Å²) in [5.41, 5.74) is 1.04. The van der Waals surface area contributed by atoms with Gasteiger partial charge in [-0.1, -0.05) is 5.16 Å². The maximum absolute atomic E-state index is 11.2. The van der Waals surface area contributed by atoms with Crippen LogP contribution in [0.2, 0.25) is 0 Å². The topological polar surface area (TPSA) is 92.9 Å². The van der Waals surface area contributed by atoms with Crippen LogP contribution in [0, 0.1) is 0 Å². The molecule has 0 aliphatic carbocycles. The van der Waals surface area contributed by atoms with Gasteiger partial charge in [-0.2, -0.15) is 0 Å². The van der Waals surface area contributed by atoms with Gasteiger partial charge in [0.05, 0.1) is 6.54 Å². The molecule has 7 heteroatoms. The van der Waals surface area contributed by atoms with E-state index in [0.29, 0.717) is 12.4 Å². The van der Waals surface area contributed by atoms with Crippen molar-refractivity contribution in [1.82, 2.24) is 20.7 Å². The molecule has 17 heavy (non-hydrogen) atoms. The predicted octanol–water partition coefficient (Wildman–Crippen LogP) is 0.436. The molecule has 0 spiro atoms. The number of aromatic nitrogens is 3. The summed E-state index contributed by atoms with van der Waals surface area (Å²) in [7, 11) is 1.54. The number of anilines is 1. The van der Waals surface area contributed by atoms with Gasteiger partial charge >= 0.3 is 0 Å². The summed E-state index contributed by atoms with van der Waals surface area (Å²) in [6, 6.07) is 5.02. The molecule has 1 amide bonds. The minimum absolute atomic E-state index is 0.263. The smallest absolute Gasteiger partial charge is 0.271 e. The van der Waals surface area contributed by atoms with E-state index < -0.39 is 0 Å². The van der Waals surface area contributed by atoms with Crippen LogP contribution in [0.3, 0.4) is 0 Å². The van der Waals surface area contributed by atoms with Crippen molar-refractivity contribution in [3.63, 3.8) is 0 Å². The Hall–Kier alpha value is -2.44. The van der Waals surface area contributed by atoms with E-state index >= 15 is 0 Å². The zero-order valence-corrected chi connectivity index (χ0v) is 9.17. The summed E-state index contributed by atoms with van der Waals surface area (Å²) in [5.74, 6) is 0.307. The highest BCUT2D eigenvalue weighted by molar-refractivity contribution is 5.91. The average molecular weight is 233 g/mol. The number of carbonyl (C=O) groups is 1. The molecular formula is C10H11N5O2. The van der Waals surface area contributed by atoms with Gasteiger partial charge in [-0.05, 0) is 12.1 Å². The molecule has 0 bridgehead atoms. The molecule has 0 saturated carbocycles. The lowest BCUT2D eigenvalue weighted by atomic mass is 10.3. The average Bonchev–Trinajstić information content (AvgIpc) is 2.89. The Balaban J connectivity index is 1.96. The van der Waals surface area contributed by atoms with Crippen LogP contribution >= 0.6 is 0 Å². The first kappa shape index (κ1) is 11.1. The molecule has 2 N–H and O–H groups in total. The van der Waals surface area contributed by atoms with Crippen molar-refractivity contribution in [3.05, 3.63) is 35.9 Å². The van der Waals surface area contributed by atoms with Gasteiger partial charge in [0.25, 0.3) is 5.91 Å². The van der Waals surface area contributed by atoms with Crippen molar-refractivity contribution in [2.24, 2.45) is 0 Å². The van der Waals surface area contributed by atoms with Crippen LogP contribution in [0.4, 0.5) is 5.82 Å². The van der Waals surface area contributed by atoms with Gasteiger partial charge in [0.15, 0.2) is 5.69 Å². The molecule has 0 radical (unpaired) electrons. The fourth-order valence-corrected chi connectivity index (χ4v) is 1.19. The zero-order valence-electron chi connectivity index (χ0n) is 9.17. The molecule has 2 aromatic heterocycles. The molecular weight excluding hydrogens is 222 g/mol. The fourth-order valence-electron chi connectivity index (χ4n) is 1.19. The van der Waals surface area contributed by atoms with Gasteiger partial charge in [-0.15, -0.1) is 10.2 Å². The van der Waals surface area contributed by atoms with Crippen molar-refractivity contribution in [1.29, 1.82) is 0 Å². The summed E-state index contributed by atoms with van der Waals surface area (Å²) >= 11 is 0. The number of carbonyl (C=O) groups excluding carboxylic acids is 1. The lowest BCUT2D eigenvalue weighted by Gasteiger charge is -2.02. The van der Waals surface area contributed by atoms with Gasteiger partial charge in [-0.3, -0.25) is 4.79 Å². The highest BCUT2D eigenvalue weighted by atomic mass is 16.5. The second-order valence-electron chi connectivity index (χ2n) is 3.23. The number of nitrogens with one attached hydrogen (secondary N) is 2. The van der Waals surface area contributed by atoms with Crippen LogP contribution in [-0.2, 0) is 6.54 Å². The van der Waals surface area contributed by atoms with Crippen molar-refractivity contribution in [2.45, 2.75) is 6.54 Å². The first-order chi connectivity index (χ1) is 8.29. The number of rotatable bonds is 4. The molecule has 0 fully saturated rings. The summed E-state index contributed by atoms with van der Waals surface area (Å²) < 4.78 is 4.69. The molecule has 0 aromatic carbocycles. The van der Waals surface area contributed by atoms with Crippen molar-refractivity contribution < 1.29 is 9.32 Å². The van der Waals surface area contributed by atoms with E-state index in [9.17, 15) is 4.79 Å². The van der Waals surface area contributed by atoms with Crippen molar-refractivity contribution in [3.8, 4) is 0 Å². The molecule has 0 atom stereocenters. The molecule has 0 aliphatic rings. The third-order valence-electron chi connectivity index (χ3n) is 2.07. The van der Waals surface area contributed by atoms with E-state index in [0.717, 1.165) is 5.69 Å². The Morgan fingerprint density at radius 3 is 2.82 bits per heavy atom. The summed E-state index contributed by atoms with van der Waals surface area (Å²) in [4.78, 5) is 11.2. The largest absolute Gasteiger partial charge is 0.364 e. The van der Waals surface area contributed by atoms with Crippen molar-refractivity contribution in [2.75, 3.05) is 12.4 Å². The number of hydrogen-bond acceptors (Lipinski definition) is 6. The monoisotopic (exact) mass is 233 g/mol. The Morgan fingerprint density at radius 2 is 2.24 bits per heavy atom. The molecule has 0 unspecified atom stereocenters. The van der Waals surface area contributed by atoms with Crippen LogP contribution in [-0.4, -0.2) is 28.3 Å². The molecule has 2 rings (SSSR count). The maximum Gasteiger partial charge on any atom is 0.271 e. The molecule has 2 heterocycles. The Labute approximate surface area is 97.2 Å². The first-order valence-electron chi connectivity index (χ1n) is 4.98. The summed E-state index contributed by atoms with van der Waals surface area (Å²) in [6.45, 7) is 0.491. The minimum atomic E-state index is -0.263. The van der Waals surface area contributed by atoms with E-state index in [1.54, 1.807) is 25.2 Å². The quantitative estimate of drug-likeness (QED) is 0.795. The van der Waals surface area contributed by atoms with E-state index in [2.05, 4.69) is 30.5 Å². The van der Waals surface area contributed by atoms with Gasteiger partial charge in [0, 0.05) is 13.1 Å². The Bertz CT molecular complexity index is 480. The lowest BCUT2D eigenvalue weighted by molar-refractivity contribution is 0.0957. The predicted molar refractivity (Wildman–Crippen MR) is 59.3 cm³/mol. The lowest BCUT2D eigenvalue weighted by Crippen LogP contribution is -2.19. The third kappa shape index (κ3) is 2.77. The second-order valence-corrected chi connectivity index (χ2v) is 3.23. The van der Waals surface area contributed by atoms with Gasteiger partial charge in [0.2, 0.25) is 0 Å². The number of hydrogen-bond donors (Lipinski definition) is 2. The van der Waals surface area contributed by atoms with E-state index in [1.165, 1.54) is 6.26 Å². The molecule has 2 aromatic rings. The standard InChI is InChI=1S/C10H11N5O2/c1-11-10(16)8-2-3-9(14-13-8)12-6-7-4-5-17-15-7/h2-5H,6H2,1H3,(H,11,16)(H,12,14). The molecule has 0 saturated heterocycles. The van der Waals surface area contributed by atoms with Crippen LogP contribution < -0.4 is 10.6 Å². The molecule has 0 aliphatic heterocycles. The maximum atomic E-state index is 11.2. The van der Waals surface area contributed by atoms with E-state index in [-0.39, 0.29) is 11.6 Å². The number of nitrogens with zero attached hydrogens (tertiary/aromatic N) is 3. The Kier molecular flexibility index (Phi) is 3.29. The SMILES string of the molecule is CNC(=O)c1ccc(NCc2ccon2)nn1.